The molecule has 0 radical (unpaired) electrons. The van der Waals surface area contributed by atoms with Crippen molar-refractivity contribution in [3.63, 3.8) is 0 Å². The number of halogens is 3. The first-order valence-electron chi connectivity index (χ1n) is 4.31. The van der Waals surface area contributed by atoms with Gasteiger partial charge in [-0.25, -0.2) is 0 Å². The second-order valence-corrected chi connectivity index (χ2v) is 4.41. The van der Waals surface area contributed by atoms with Gasteiger partial charge in [-0.15, -0.1) is 0 Å². The lowest BCUT2D eigenvalue weighted by molar-refractivity contribution is -0.0540. The molecule has 0 aliphatic rings. The van der Waals surface area contributed by atoms with E-state index in [2.05, 4.69) is 9.44 Å². The largest absolute Gasteiger partial charge is 0.536 e. The van der Waals surface area contributed by atoms with Gasteiger partial charge in [-0.3, -0.25) is 4.28 Å². The van der Waals surface area contributed by atoms with E-state index in [1.165, 1.54) is 30.3 Å². The molecule has 0 atom stereocenters. The normalized spacial score (nSPS) is 12.9. The monoisotopic (exact) mass is 278 g/mol. The number of alkyl halides is 3. The summed E-state index contributed by atoms with van der Waals surface area (Å²) in [5.41, 5.74) is -6.03. The summed E-state index contributed by atoms with van der Waals surface area (Å²) >= 11 is 0. The quantitative estimate of drug-likeness (QED) is 0.479. The Morgan fingerprint density at radius 3 is 2.28 bits per heavy atom. The van der Waals surface area contributed by atoms with Crippen LogP contribution in [0.2, 0.25) is 0 Å². The molecule has 0 unspecified atom stereocenters. The average Bonchev–Trinajstić information content (AvgIpc) is 2.29. The molecular formula is C9H5F3N2O3S. The first-order valence-corrected chi connectivity index (χ1v) is 5.72. The molecule has 0 N–H and O–H groups in total. The first kappa shape index (κ1) is 14.0. The number of oxime groups is 1. The van der Waals surface area contributed by atoms with E-state index in [-0.39, 0.29) is 5.56 Å². The highest BCUT2D eigenvalue weighted by Gasteiger charge is 2.49. The fraction of sp³-hybridized carbons (Fsp3) is 0.111. The van der Waals surface area contributed by atoms with Crippen molar-refractivity contribution in [3.05, 3.63) is 35.9 Å². The Kier molecular flexibility index (Phi) is 3.93. The van der Waals surface area contributed by atoms with E-state index in [0.29, 0.717) is 0 Å². The van der Waals surface area contributed by atoms with Gasteiger partial charge in [0, 0.05) is 5.56 Å². The average molecular weight is 278 g/mol. The van der Waals surface area contributed by atoms with Crippen LogP contribution in [0.15, 0.2) is 35.5 Å². The van der Waals surface area contributed by atoms with Crippen LogP contribution in [0.1, 0.15) is 5.56 Å². The molecule has 0 heterocycles. The molecule has 1 rings (SSSR count). The minimum Gasteiger partial charge on any atom is -0.260 e. The highest BCUT2D eigenvalue weighted by molar-refractivity contribution is 7.87. The maximum Gasteiger partial charge on any atom is 0.536 e. The highest BCUT2D eigenvalue weighted by Crippen LogP contribution is 2.24. The van der Waals surface area contributed by atoms with Gasteiger partial charge in [-0.1, -0.05) is 35.5 Å². The van der Waals surface area contributed by atoms with E-state index in [1.54, 1.807) is 6.07 Å². The summed E-state index contributed by atoms with van der Waals surface area (Å²) in [4.78, 5) is 0. The fourth-order valence-electron chi connectivity index (χ4n) is 0.862. The fourth-order valence-corrected chi connectivity index (χ4v) is 1.12. The lowest BCUT2D eigenvalue weighted by Gasteiger charge is -2.04. The molecule has 5 nitrogen and oxygen atoms in total. The Hall–Kier alpha value is -2.08. The van der Waals surface area contributed by atoms with Crippen molar-refractivity contribution in [3.8, 4) is 6.07 Å². The van der Waals surface area contributed by atoms with E-state index in [9.17, 15) is 21.6 Å². The van der Waals surface area contributed by atoms with Crippen molar-refractivity contribution >= 4 is 15.8 Å². The molecule has 1 aromatic carbocycles. The molecule has 1 aromatic rings. The number of rotatable bonds is 3. The third kappa shape index (κ3) is 3.21. The van der Waals surface area contributed by atoms with Crippen molar-refractivity contribution in [1.29, 1.82) is 5.26 Å². The van der Waals surface area contributed by atoms with Crippen molar-refractivity contribution in [2.24, 2.45) is 5.16 Å². The molecule has 0 aliphatic carbocycles. The zero-order valence-corrected chi connectivity index (χ0v) is 9.36. The Balaban J connectivity index is 3.01. The van der Waals surface area contributed by atoms with E-state index >= 15 is 0 Å². The second-order valence-electron chi connectivity index (χ2n) is 2.89. The summed E-state index contributed by atoms with van der Waals surface area (Å²) in [6.07, 6.45) is 0. The Morgan fingerprint density at radius 2 is 1.83 bits per heavy atom. The molecule has 0 saturated carbocycles. The van der Waals surface area contributed by atoms with Crippen molar-refractivity contribution in [1.82, 2.24) is 0 Å². The van der Waals surface area contributed by atoms with Crippen LogP contribution in [-0.2, 0) is 14.4 Å². The molecule has 18 heavy (non-hydrogen) atoms. The van der Waals surface area contributed by atoms with E-state index < -0.39 is 21.3 Å². The predicted molar refractivity (Wildman–Crippen MR) is 54.7 cm³/mol. The minimum atomic E-state index is -5.85. The van der Waals surface area contributed by atoms with Crippen LogP contribution in [0.25, 0.3) is 0 Å². The summed E-state index contributed by atoms with van der Waals surface area (Å²) in [5, 5.41) is 11.3. The number of nitrogens with zero attached hydrogens (tertiary/aromatic N) is 2. The molecule has 0 amide bonds. The van der Waals surface area contributed by atoms with Crippen LogP contribution < -0.4 is 0 Å². The highest BCUT2D eigenvalue weighted by atomic mass is 32.2. The van der Waals surface area contributed by atoms with Gasteiger partial charge in [0.2, 0.25) is 0 Å². The summed E-state index contributed by atoms with van der Waals surface area (Å²) in [6, 6.07) is 8.77. The van der Waals surface area contributed by atoms with Crippen LogP contribution in [0.4, 0.5) is 13.2 Å². The molecule has 0 fully saturated rings. The number of benzene rings is 1. The van der Waals surface area contributed by atoms with Crippen LogP contribution >= 0.6 is 0 Å². The van der Waals surface area contributed by atoms with Crippen LogP contribution in [0.5, 0.6) is 0 Å². The lowest BCUT2D eigenvalue weighted by atomic mass is 10.1. The van der Waals surface area contributed by atoms with Gasteiger partial charge in [-0.2, -0.15) is 26.9 Å². The van der Waals surface area contributed by atoms with Gasteiger partial charge in [-0.05, 0) is 0 Å². The van der Waals surface area contributed by atoms with E-state index in [4.69, 9.17) is 5.26 Å². The van der Waals surface area contributed by atoms with E-state index in [0.717, 1.165) is 0 Å². The summed E-state index contributed by atoms with van der Waals surface area (Å²) in [5.74, 6) is 0. The van der Waals surface area contributed by atoms with Gasteiger partial charge in [0.15, 0.2) is 5.71 Å². The Labute approximate surface area is 100 Å². The SMILES string of the molecule is N#C/C(=N/OS(=O)(=O)C(F)(F)F)c1ccccc1. The van der Waals surface area contributed by atoms with Crippen LogP contribution in [0.3, 0.4) is 0 Å². The van der Waals surface area contributed by atoms with Gasteiger partial charge < -0.3 is 0 Å². The molecule has 0 bridgehead atoms. The van der Waals surface area contributed by atoms with Crippen LogP contribution in [0, 0.1) is 11.3 Å². The number of nitriles is 1. The summed E-state index contributed by atoms with van der Waals surface area (Å²) < 4.78 is 60.3. The molecular weight excluding hydrogens is 273 g/mol. The maximum absolute atomic E-state index is 11.9. The molecule has 0 saturated heterocycles. The van der Waals surface area contributed by atoms with Crippen molar-refractivity contribution < 1.29 is 25.9 Å². The summed E-state index contributed by atoms with van der Waals surface area (Å²) in [6.45, 7) is 0. The zero-order chi connectivity index (χ0) is 13.8. The Morgan fingerprint density at radius 1 is 1.28 bits per heavy atom. The topological polar surface area (TPSA) is 79.5 Å². The molecule has 9 heteroatoms. The predicted octanol–water partition coefficient (Wildman–Crippen LogP) is 1.78. The molecule has 0 aliphatic heterocycles. The summed E-state index contributed by atoms with van der Waals surface area (Å²) in [7, 11) is -5.85. The minimum absolute atomic E-state index is 0.136. The molecule has 0 aromatic heterocycles. The molecule has 0 spiro atoms. The standard InChI is InChI=1S/C9H5F3N2O3S/c10-9(11,12)18(15,16)17-14-8(6-13)7-4-2-1-3-5-7/h1-5H/b14-8-. The molecule has 96 valence electrons. The third-order valence-electron chi connectivity index (χ3n) is 1.66. The van der Waals surface area contributed by atoms with Gasteiger partial charge in [0.05, 0.1) is 0 Å². The van der Waals surface area contributed by atoms with Crippen molar-refractivity contribution in [2.75, 3.05) is 0 Å². The van der Waals surface area contributed by atoms with Gasteiger partial charge in [0.1, 0.15) is 6.07 Å². The second kappa shape index (κ2) is 5.05. The van der Waals surface area contributed by atoms with E-state index in [1.807, 2.05) is 0 Å². The lowest BCUT2D eigenvalue weighted by Crippen LogP contribution is -2.24. The third-order valence-corrected chi connectivity index (χ3v) is 2.50. The zero-order valence-electron chi connectivity index (χ0n) is 8.55. The number of hydrogen-bond donors (Lipinski definition) is 0. The van der Waals surface area contributed by atoms with Gasteiger partial charge >= 0.3 is 15.6 Å². The smallest absolute Gasteiger partial charge is 0.260 e. The Bertz CT molecular complexity index is 588. The van der Waals surface area contributed by atoms with Crippen molar-refractivity contribution in [2.45, 2.75) is 5.51 Å². The maximum atomic E-state index is 11.9. The van der Waals surface area contributed by atoms with Gasteiger partial charge in [0.25, 0.3) is 0 Å². The van der Waals surface area contributed by atoms with Crippen LogP contribution in [-0.4, -0.2) is 19.6 Å². The first-order chi connectivity index (χ1) is 8.28. The number of hydrogen-bond acceptors (Lipinski definition) is 5.